The summed E-state index contributed by atoms with van der Waals surface area (Å²) in [7, 11) is 0. The molecule has 4 nitrogen and oxygen atoms in total. The van der Waals surface area contributed by atoms with Gasteiger partial charge in [-0.3, -0.25) is 0 Å². The van der Waals surface area contributed by atoms with Crippen LogP contribution in [-0.2, 0) is 0 Å². The van der Waals surface area contributed by atoms with Gasteiger partial charge in [0.15, 0.2) is 0 Å². The SMILES string of the molecule is Cc1c(N)ccc(N=Nc2ccc(N)c(C)c2C)c1C. The number of rotatable bonds is 2. The molecule has 0 fully saturated rings. The van der Waals surface area contributed by atoms with Gasteiger partial charge in [-0.2, -0.15) is 10.2 Å². The van der Waals surface area contributed by atoms with Crippen molar-refractivity contribution in [2.24, 2.45) is 10.2 Å². The van der Waals surface area contributed by atoms with Crippen molar-refractivity contribution in [3.8, 4) is 0 Å². The number of nitrogen functional groups attached to an aromatic ring is 2. The molecule has 0 spiro atoms. The summed E-state index contributed by atoms with van der Waals surface area (Å²) in [5.41, 5.74) is 19.2. The molecule has 0 amide bonds. The zero-order valence-electron chi connectivity index (χ0n) is 12.4. The molecule has 2 aromatic rings. The van der Waals surface area contributed by atoms with Gasteiger partial charge in [0.1, 0.15) is 0 Å². The Morgan fingerprint density at radius 2 is 0.950 bits per heavy atom. The molecule has 0 saturated heterocycles. The van der Waals surface area contributed by atoms with Crippen LogP contribution in [0, 0.1) is 27.7 Å². The monoisotopic (exact) mass is 268 g/mol. The fourth-order valence-corrected chi connectivity index (χ4v) is 1.98. The lowest BCUT2D eigenvalue weighted by Gasteiger charge is -2.08. The van der Waals surface area contributed by atoms with E-state index in [1.807, 2.05) is 52.0 Å². The van der Waals surface area contributed by atoms with Crippen LogP contribution in [0.3, 0.4) is 0 Å². The normalized spacial score (nSPS) is 11.2. The van der Waals surface area contributed by atoms with Crippen molar-refractivity contribution in [1.82, 2.24) is 0 Å². The molecular weight excluding hydrogens is 248 g/mol. The smallest absolute Gasteiger partial charge is 0.0890 e. The summed E-state index contributed by atoms with van der Waals surface area (Å²) in [5, 5.41) is 8.68. The Balaban J connectivity index is 2.40. The lowest BCUT2D eigenvalue weighted by atomic mass is 10.1. The van der Waals surface area contributed by atoms with Gasteiger partial charge in [-0.15, -0.1) is 0 Å². The lowest BCUT2D eigenvalue weighted by Crippen LogP contribution is -1.92. The molecule has 0 heterocycles. The Morgan fingerprint density at radius 3 is 1.30 bits per heavy atom. The molecule has 0 saturated carbocycles. The van der Waals surface area contributed by atoms with Crippen molar-refractivity contribution in [1.29, 1.82) is 0 Å². The summed E-state index contributed by atoms with van der Waals surface area (Å²) >= 11 is 0. The number of nitrogens with two attached hydrogens (primary N) is 2. The highest BCUT2D eigenvalue weighted by atomic mass is 15.1. The predicted octanol–water partition coefficient (Wildman–Crippen LogP) is 4.50. The molecule has 0 unspecified atom stereocenters. The second-order valence-corrected chi connectivity index (χ2v) is 5.05. The third-order valence-electron chi connectivity index (χ3n) is 3.87. The molecule has 0 bridgehead atoms. The maximum atomic E-state index is 5.87. The van der Waals surface area contributed by atoms with Gasteiger partial charge in [-0.05, 0) is 74.2 Å². The number of nitrogens with zero attached hydrogens (tertiary/aromatic N) is 2. The van der Waals surface area contributed by atoms with Gasteiger partial charge in [0.2, 0.25) is 0 Å². The number of hydrogen-bond donors (Lipinski definition) is 2. The van der Waals surface area contributed by atoms with Crippen LogP contribution in [0.15, 0.2) is 34.5 Å². The quantitative estimate of drug-likeness (QED) is 0.621. The Labute approximate surface area is 119 Å². The fourth-order valence-electron chi connectivity index (χ4n) is 1.98. The van der Waals surface area contributed by atoms with E-state index < -0.39 is 0 Å². The van der Waals surface area contributed by atoms with Crippen molar-refractivity contribution < 1.29 is 0 Å². The van der Waals surface area contributed by atoms with Crippen LogP contribution >= 0.6 is 0 Å². The molecule has 2 rings (SSSR count). The molecule has 20 heavy (non-hydrogen) atoms. The van der Waals surface area contributed by atoms with Crippen LogP contribution in [0.4, 0.5) is 22.7 Å². The molecular formula is C16H20N4. The van der Waals surface area contributed by atoms with Crippen molar-refractivity contribution in [3.05, 3.63) is 46.5 Å². The van der Waals surface area contributed by atoms with Crippen LogP contribution < -0.4 is 11.5 Å². The van der Waals surface area contributed by atoms with Crippen LogP contribution in [0.1, 0.15) is 22.3 Å². The van der Waals surface area contributed by atoms with E-state index in [0.717, 1.165) is 45.0 Å². The first-order valence-corrected chi connectivity index (χ1v) is 6.55. The maximum Gasteiger partial charge on any atom is 0.0890 e. The lowest BCUT2D eigenvalue weighted by molar-refractivity contribution is 1.17. The summed E-state index contributed by atoms with van der Waals surface area (Å²) in [6.07, 6.45) is 0. The van der Waals surface area contributed by atoms with Crippen LogP contribution in [0.5, 0.6) is 0 Å². The molecule has 0 atom stereocenters. The van der Waals surface area contributed by atoms with E-state index in [-0.39, 0.29) is 0 Å². The van der Waals surface area contributed by atoms with E-state index in [4.69, 9.17) is 11.5 Å². The van der Waals surface area contributed by atoms with Gasteiger partial charge in [0.05, 0.1) is 11.4 Å². The summed E-state index contributed by atoms with van der Waals surface area (Å²) < 4.78 is 0. The summed E-state index contributed by atoms with van der Waals surface area (Å²) in [4.78, 5) is 0. The predicted molar refractivity (Wildman–Crippen MR) is 84.8 cm³/mol. The molecule has 2 aromatic carbocycles. The number of anilines is 2. The molecule has 0 aliphatic heterocycles. The largest absolute Gasteiger partial charge is 0.399 e. The Bertz CT molecular complexity index is 628. The topological polar surface area (TPSA) is 76.8 Å². The Hall–Kier alpha value is -2.36. The summed E-state index contributed by atoms with van der Waals surface area (Å²) in [5.74, 6) is 0. The molecule has 104 valence electrons. The highest BCUT2D eigenvalue weighted by Crippen LogP contribution is 2.30. The Morgan fingerprint density at radius 1 is 0.600 bits per heavy atom. The second-order valence-electron chi connectivity index (χ2n) is 5.05. The van der Waals surface area contributed by atoms with Crippen molar-refractivity contribution in [3.63, 3.8) is 0 Å². The average Bonchev–Trinajstić information content (AvgIpc) is 2.43. The van der Waals surface area contributed by atoms with Crippen molar-refractivity contribution in [2.45, 2.75) is 27.7 Å². The molecule has 0 radical (unpaired) electrons. The molecule has 4 heteroatoms. The van der Waals surface area contributed by atoms with Crippen LogP contribution in [0.25, 0.3) is 0 Å². The second kappa shape index (κ2) is 5.33. The van der Waals surface area contributed by atoms with Gasteiger partial charge < -0.3 is 11.5 Å². The minimum atomic E-state index is 0.779. The van der Waals surface area contributed by atoms with Gasteiger partial charge >= 0.3 is 0 Å². The minimum Gasteiger partial charge on any atom is -0.399 e. The van der Waals surface area contributed by atoms with E-state index in [0.29, 0.717) is 0 Å². The zero-order chi connectivity index (χ0) is 14.9. The van der Waals surface area contributed by atoms with Crippen LogP contribution in [-0.4, -0.2) is 0 Å². The molecule has 0 aliphatic carbocycles. The molecule has 4 N–H and O–H groups in total. The Kier molecular flexibility index (Phi) is 3.74. The first-order chi connectivity index (χ1) is 9.41. The van der Waals surface area contributed by atoms with E-state index in [1.54, 1.807) is 0 Å². The van der Waals surface area contributed by atoms with Crippen molar-refractivity contribution >= 4 is 22.7 Å². The maximum absolute atomic E-state index is 5.87. The number of azo groups is 1. The van der Waals surface area contributed by atoms with Gasteiger partial charge in [0.25, 0.3) is 0 Å². The van der Waals surface area contributed by atoms with E-state index in [9.17, 15) is 0 Å². The van der Waals surface area contributed by atoms with E-state index >= 15 is 0 Å². The number of hydrogen-bond acceptors (Lipinski definition) is 4. The minimum absolute atomic E-state index is 0.779. The standard InChI is InChI=1S/C16H20N4/c1-9-11(3)15(7-5-13(9)17)19-20-16-8-6-14(18)10(2)12(16)4/h5-8H,17-18H2,1-4H3. The summed E-state index contributed by atoms with van der Waals surface area (Å²) in [6, 6.07) is 7.50. The highest BCUT2D eigenvalue weighted by Gasteiger charge is 2.05. The fraction of sp³-hybridized carbons (Fsp3) is 0.250. The first kappa shape index (κ1) is 14.1. The average molecular weight is 268 g/mol. The van der Waals surface area contributed by atoms with Crippen molar-refractivity contribution in [2.75, 3.05) is 11.5 Å². The van der Waals surface area contributed by atoms with E-state index in [1.165, 1.54) is 0 Å². The molecule has 0 aliphatic rings. The number of benzene rings is 2. The van der Waals surface area contributed by atoms with Gasteiger partial charge in [0, 0.05) is 11.4 Å². The first-order valence-electron chi connectivity index (χ1n) is 6.55. The third-order valence-corrected chi connectivity index (χ3v) is 3.87. The van der Waals surface area contributed by atoms with Crippen LogP contribution in [0.2, 0.25) is 0 Å². The molecule has 0 aromatic heterocycles. The van der Waals surface area contributed by atoms with E-state index in [2.05, 4.69) is 10.2 Å². The van der Waals surface area contributed by atoms with Gasteiger partial charge in [-0.1, -0.05) is 0 Å². The van der Waals surface area contributed by atoms with Gasteiger partial charge in [-0.25, -0.2) is 0 Å². The summed E-state index contributed by atoms with van der Waals surface area (Å²) in [6.45, 7) is 7.98. The third kappa shape index (κ3) is 2.50. The zero-order valence-corrected chi connectivity index (χ0v) is 12.4. The highest BCUT2D eigenvalue weighted by molar-refractivity contribution is 5.62.